The Bertz CT molecular complexity index is 353. The molecule has 0 radical (unpaired) electrons. The molecule has 2 heteroatoms. The minimum atomic E-state index is 0.591. The number of rotatable bonds is 5. The maximum absolute atomic E-state index is 3.83. The highest BCUT2D eigenvalue weighted by Crippen LogP contribution is 2.41. The van der Waals surface area contributed by atoms with Crippen LogP contribution >= 0.6 is 0 Å². The Balaban J connectivity index is 1.57. The standard InChI is InChI=1S/C16H24N2/c1-2-6-14(7-3-1)16(15-8-9-15)18-12-13-5-4-10-17-11-13/h1-3,6-7,13,15-18H,4-5,8-12H2. The van der Waals surface area contributed by atoms with E-state index in [1.807, 2.05) is 0 Å². The van der Waals surface area contributed by atoms with Gasteiger partial charge in [0.25, 0.3) is 0 Å². The van der Waals surface area contributed by atoms with E-state index in [4.69, 9.17) is 0 Å². The van der Waals surface area contributed by atoms with Gasteiger partial charge < -0.3 is 10.6 Å². The molecule has 1 saturated heterocycles. The minimum Gasteiger partial charge on any atom is -0.316 e. The zero-order chi connectivity index (χ0) is 12.2. The van der Waals surface area contributed by atoms with Gasteiger partial charge in [-0.2, -0.15) is 0 Å². The Hall–Kier alpha value is -0.860. The predicted octanol–water partition coefficient (Wildman–Crippen LogP) is 2.73. The molecule has 1 aromatic rings. The van der Waals surface area contributed by atoms with Crippen LogP contribution in [0.3, 0.4) is 0 Å². The first-order valence-corrected chi connectivity index (χ1v) is 7.42. The molecule has 1 heterocycles. The minimum absolute atomic E-state index is 0.591. The highest BCUT2D eigenvalue weighted by molar-refractivity contribution is 5.21. The highest BCUT2D eigenvalue weighted by Gasteiger charge is 2.32. The van der Waals surface area contributed by atoms with Crippen molar-refractivity contribution in [1.82, 2.24) is 10.6 Å². The van der Waals surface area contributed by atoms with Crippen molar-refractivity contribution in [2.24, 2.45) is 11.8 Å². The van der Waals surface area contributed by atoms with Gasteiger partial charge >= 0.3 is 0 Å². The van der Waals surface area contributed by atoms with Crippen LogP contribution in [0, 0.1) is 11.8 Å². The average Bonchev–Trinajstić information content (AvgIpc) is 3.26. The van der Waals surface area contributed by atoms with Gasteiger partial charge in [0.05, 0.1) is 0 Å². The quantitative estimate of drug-likeness (QED) is 0.832. The van der Waals surface area contributed by atoms with Crippen molar-refractivity contribution >= 4 is 0 Å². The Morgan fingerprint density at radius 1 is 1.17 bits per heavy atom. The summed E-state index contributed by atoms with van der Waals surface area (Å²) >= 11 is 0. The van der Waals surface area contributed by atoms with Crippen LogP contribution in [0.5, 0.6) is 0 Å². The Morgan fingerprint density at radius 3 is 2.67 bits per heavy atom. The first kappa shape index (κ1) is 12.2. The Morgan fingerprint density at radius 2 is 2.00 bits per heavy atom. The summed E-state index contributed by atoms with van der Waals surface area (Å²) in [5, 5.41) is 7.33. The molecule has 1 aliphatic carbocycles. The predicted molar refractivity (Wildman–Crippen MR) is 75.5 cm³/mol. The molecule has 2 atom stereocenters. The molecule has 1 saturated carbocycles. The van der Waals surface area contributed by atoms with E-state index in [-0.39, 0.29) is 0 Å². The van der Waals surface area contributed by atoms with E-state index >= 15 is 0 Å². The zero-order valence-electron chi connectivity index (χ0n) is 11.1. The van der Waals surface area contributed by atoms with Gasteiger partial charge in [0.15, 0.2) is 0 Å². The van der Waals surface area contributed by atoms with E-state index in [2.05, 4.69) is 41.0 Å². The van der Waals surface area contributed by atoms with Crippen LogP contribution in [0.4, 0.5) is 0 Å². The van der Waals surface area contributed by atoms with Gasteiger partial charge in [-0.1, -0.05) is 30.3 Å². The molecule has 0 amide bonds. The second-order valence-corrected chi connectivity index (χ2v) is 5.85. The molecule has 1 aliphatic heterocycles. The van der Waals surface area contributed by atoms with Gasteiger partial charge in [-0.3, -0.25) is 0 Å². The first-order valence-electron chi connectivity index (χ1n) is 7.42. The summed E-state index contributed by atoms with van der Waals surface area (Å²) in [6, 6.07) is 11.6. The lowest BCUT2D eigenvalue weighted by Crippen LogP contribution is -2.37. The number of hydrogen-bond donors (Lipinski definition) is 2. The monoisotopic (exact) mass is 244 g/mol. The van der Waals surface area contributed by atoms with E-state index < -0.39 is 0 Å². The van der Waals surface area contributed by atoms with E-state index in [0.29, 0.717) is 6.04 Å². The average molecular weight is 244 g/mol. The normalized spacial score (nSPS) is 25.9. The lowest BCUT2D eigenvalue weighted by molar-refractivity contribution is 0.335. The van der Waals surface area contributed by atoms with Crippen molar-refractivity contribution in [3.8, 4) is 0 Å². The molecule has 2 nitrogen and oxygen atoms in total. The van der Waals surface area contributed by atoms with Gasteiger partial charge in [0.2, 0.25) is 0 Å². The lowest BCUT2D eigenvalue weighted by atomic mass is 9.97. The fourth-order valence-electron chi connectivity index (χ4n) is 3.04. The summed E-state index contributed by atoms with van der Waals surface area (Å²) in [7, 11) is 0. The van der Waals surface area contributed by atoms with Gasteiger partial charge in [0.1, 0.15) is 0 Å². The van der Waals surface area contributed by atoms with E-state index in [1.54, 1.807) is 0 Å². The largest absolute Gasteiger partial charge is 0.316 e. The highest BCUT2D eigenvalue weighted by atomic mass is 15.0. The van der Waals surface area contributed by atoms with E-state index in [1.165, 1.54) is 50.9 Å². The topological polar surface area (TPSA) is 24.1 Å². The maximum Gasteiger partial charge on any atom is 0.0348 e. The molecule has 0 bridgehead atoms. The van der Waals surface area contributed by atoms with Gasteiger partial charge in [-0.15, -0.1) is 0 Å². The van der Waals surface area contributed by atoms with Crippen molar-refractivity contribution in [2.75, 3.05) is 19.6 Å². The molecule has 2 fully saturated rings. The van der Waals surface area contributed by atoms with Crippen molar-refractivity contribution < 1.29 is 0 Å². The van der Waals surface area contributed by atoms with Crippen LogP contribution in [0.1, 0.15) is 37.3 Å². The van der Waals surface area contributed by atoms with Crippen LogP contribution in [0.25, 0.3) is 0 Å². The number of benzene rings is 1. The second kappa shape index (κ2) is 5.85. The molecule has 3 rings (SSSR count). The van der Waals surface area contributed by atoms with Crippen molar-refractivity contribution in [2.45, 2.75) is 31.7 Å². The molecule has 18 heavy (non-hydrogen) atoms. The van der Waals surface area contributed by atoms with Gasteiger partial charge in [0, 0.05) is 6.04 Å². The van der Waals surface area contributed by atoms with Gasteiger partial charge in [-0.25, -0.2) is 0 Å². The number of nitrogens with one attached hydrogen (secondary N) is 2. The molecular formula is C16H24N2. The van der Waals surface area contributed by atoms with Crippen molar-refractivity contribution in [3.63, 3.8) is 0 Å². The van der Waals surface area contributed by atoms with Crippen molar-refractivity contribution in [1.29, 1.82) is 0 Å². The fraction of sp³-hybridized carbons (Fsp3) is 0.625. The molecular weight excluding hydrogens is 220 g/mol. The summed E-state index contributed by atoms with van der Waals surface area (Å²) in [6.07, 6.45) is 5.52. The second-order valence-electron chi connectivity index (χ2n) is 5.85. The molecule has 1 aromatic carbocycles. The molecule has 0 aromatic heterocycles. The van der Waals surface area contributed by atoms with E-state index in [0.717, 1.165) is 11.8 Å². The number of piperidine rings is 1. The third-order valence-electron chi connectivity index (χ3n) is 4.28. The molecule has 0 spiro atoms. The SMILES string of the molecule is c1ccc(C(NCC2CCCNC2)C2CC2)cc1. The Labute approximate surface area is 110 Å². The maximum atomic E-state index is 3.83. The molecule has 2 aliphatic rings. The molecule has 98 valence electrons. The molecule has 2 N–H and O–H groups in total. The summed E-state index contributed by atoms with van der Waals surface area (Å²) in [4.78, 5) is 0. The lowest BCUT2D eigenvalue weighted by Gasteiger charge is -2.26. The Kier molecular flexibility index (Phi) is 3.96. The van der Waals surface area contributed by atoms with Gasteiger partial charge in [-0.05, 0) is 62.7 Å². The third-order valence-corrected chi connectivity index (χ3v) is 4.28. The van der Waals surface area contributed by atoms with Crippen LogP contribution < -0.4 is 10.6 Å². The zero-order valence-corrected chi connectivity index (χ0v) is 11.1. The number of hydrogen-bond acceptors (Lipinski definition) is 2. The summed E-state index contributed by atoms with van der Waals surface area (Å²) in [6.45, 7) is 3.57. The van der Waals surface area contributed by atoms with Crippen LogP contribution in [0.15, 0.2) is 30.3 Å². The smallest absolute Gasteiger partial charge is 0.0348 e. The summed E-state index contributed by atoms with van der Waals surface area (Å²) < 4.78 is 0. The van der Waals surface area contributed by atoms with Crippen LogP contribution in [0.2, 0.25) is 0 Å². The van der Waals surface area contributed by atoms with Crippen LogP contribution in [-0.2, 0) is 0 Å². The summed E-state index contributed by atoms with van der Waals surface area (Å²) in [5.74, 6) is 1.70. The fourth-order valence-corrected chi connectivity index (χ4v) is 3.04. The first-order chi connectivity index (χ1) is 8.93. The van der Waals surface area contributed by atoms with E-state index in [9.17, 15) is 0 Å². The third kappa shape index (κ3) is 3.12. The summed E-state index contributed by atoms with van der Waals surface area (Å²) in [5.41, 5.74) is 1.48. The van der Waals surface area contributed by atoms with Crippen LogP contribution in [-0.4, -0.2) is 19.6 Å². The van der Waals surface area contributed by atoms with Crippen molar-refractivity contribution in [3.05, 3.63) is 35.9 Å². The molecule has 2 unspecified atom stereocenters.